The lowest BCUT2D eigenvalue weighted by Gasteiger charge is -2.34. The molecule has 1 amide bonds. The van der Waals surface area contributed by atoms with Crippen LogP contribution < -0.4 is 0 Å². The molecule has 6 heteroatoms. The van der Waals surface area contributed by atoms with Crippen molar-refractivity contribution in [1.82, 2.24) is 14.7 Å². The molecule has 1 aliphatic heterocycles. The maximum Gasteiger partial charge on any atom is 0.275 e. The number of hydrogen-bond donors (Lipinski definition) is 0. The molecule has 2 heterocycles. The van der Waals surface area contributed by atoms with E-state index in [-0.39, 0.29) is 18.1 Å². The van der Waals surface area contributed by atoms with Crippen LogP contribution in [0.25, 0.3) is 0 Å². The third kappa shape index (κ3) is 2.44. The van der Waals surface area contributed by atoms with Gasteiger partial charge >= 0.3 is 0 Å². The highest BCUT2D eigenvalue weighted by atomic mass is 79.9. The molecule has 18 heavy (non-hydrogen) atoms. The minimum Gasteiger partial charge on any atom is -0.372 e. The Morgan fingerprint density at radius 1 is 1.39 bits per heavy atom. The van der Waals surface area contributed by atoms with Gasteiger partial charge in [-0.1, -0.05) is 0 Å². The van der Waals surface area contributed by atoms with Crippen LogP contribution in [0.4, 0.5) is 0 Å². The normalized spacial score (nSPS) is 24.4. The molecule has 100 valence electrons. The molecule has 0 saturated carbocycles. The minimum atomic E-state index is -0.0347. The lowest BCUT2D eigenvalue weighted by atomic mass is 10.2. The van der Waals surface area contributed by atoms with Gasteiger partial charge in [0.2, 0.25) is 0 Å². The van der Waals surface area contributed by atoms with Crippen LogP contribution in [0.2, 0.25) is 0 Å². The number of ether oxygens (including phenoxy) is 1. The summed E-state index contributed by atoms with van der Waals surface area (Å²) in [6.45, 7) is 7.12. The minimum absolute atomic E-state index is 0.0347. The summed E-state index contributed by atoms with van der Waals surface area (Å²) >= 11 is 3.44. The van der Waals surface area contributed by atoms with E-state index >= 15 is 0 Å². The third-order valence-corrected chi connectivity index (χ3v) is 4.12. The molecule has 1 fully saturated rings. The highest BCUT2D eigenvalue weighted by Gasteiger charge is 2.29. The van der Waals surface area contributed by atoms with E-state index < -0.39 is 0 Å². The zero-order valence-corrected chi connectivity index (χ0v) is 12.7. The van der Waals surface area contributed by atoms with Gasteiger partial charge in [0.05, 0.1) is 22.4 Å². The lowest BCUT2D eigenvalue weighted by molar-refractivity contribution is -0.0587. The first-order valence-electron chi connectivity index (χ1n) is 6.04. The SMILES string of the molecule is Cc1c(Br)c(C(=O)N2C[C@@H](C)O[C@@H](C)C2)nn1C. The van der Waals surface area contributed by atoms with Gasteiger partial charge < -0.3 is 9.64 Å². The number of morpholine rings is 1. The Morgan fingerprint density at radius 2 is 1.94 bits per heavy atom. The molecular formula is C12H18BrN3O2. The molecule has 0 aliphatic carbocycles. The van der Waals surface area contributed by atoms with Gasteiger partial charge in [0.25, 0.3) is 5.91 Å². The maximum absolute atomic E-state index is 12.4. The number of amides is 1. The van der Waals surface area contributed by atoms with Crippen molar-refractivity contribution in [2.24, 2.45) is 7.05 Å². The van der Waals surface area contributed by atoms with Crippen molar-refractivity contribution in [3.05, 3.63) is 15.9 Å². The van der Waals surface area contributed by atoms with Crippen molar-refractivity contribution in [2.45, 2.75) is 33.0 Å². The molecule has 5 nitrogen and oxygen atoms in total. The van der Waals surface area contributed by atoms with Gasteiger partial charge in [-0.25, -0.2) is 0 Å². The molecule has 1 aromatic heterocycles. The highest BCUT2D eigenvalue weighted by Crippen LogP contribution is 2.23. The van der Waals surface area contributed by atoms with E-state index in [1.54, 1.807) is 4.68 Å². The Labute approximate surface area is 115 Å². The van der Waals surface area contributed by atoms with Crippen molar-refractivity contribution >= 4 is 21.8 Å². The predicted molar refractivity (Wildman–Crippen MR) is 71.6 cm³/mol. The van der Waals surface area contributed by atoms with Gasteiger partial charge in [0.1, 0.15) is 0 Å². The summed E-state index contributed by atoms with van der Waals surface area (Å²) in [6, 6.07) is 0. The van der Waals surface area contributed by atoms with Crippen LogP contribution in [-0.4, -0.2) is 45.9 Å². The molecule has 0 aromatic carbocycles. The van der Waals surface area contributed by atoms with E-state index in [2.05, 4.69) is 21.0 Å². The maximum atomic E-state index is 12.4. The van der Waals surface area contributed by atoms with E-state index in [4.69, 9.17) is 4.74 Å². The third-order valence-electron chi connectivity index (χ3n) is 3.17. The van der Waals surface area contributed by atoms with Crippen molar-refractivity contribution in [2.75, 3.05) is 13.1 Å². The molecule has 2 atom stereocenters. The highest BCUT2D eigenvalue weighted by molar-refractivity contribution is 9.10. The fourth-order valence-corrected chi connectivity index (χ4v) is 2.72. The second-order valence-electron chi connectivity index (χ2n) is 4.84. The van der Waals surface area contributed by atoms with Crippen molar-refractivity contribution in [3.8, 4) is 0 Å². The molecule has 0 unspecified atom stereocenters. The summed E-state index contributed by atoms with van der Waals surface area (Å²) < 4.78 is 8.12. The van der Waals surface area contributed by atoms with Crippen LogP contribution in [0, 0.1) is 6.92 Å². The summed E-state index contributed by atoms with van der Waals surface area (Å²) in [5.41, 5.74) is 1.43. The van der Waals surface area contributed by atoms with Crippen molar-refractivity contribution in [3.63, 3.8) is 0 Å². The standard InChI is InChI=1S/C12H18BrN3O2/c1-7-5-16(6-8(2)18-7)12(17)11-10(13)9(3)15(4)14-11/h7-8H,5-6H2,1-4H3/t7-,8+. The summed E-state index contributed by atoms with van der Waals surface area (Å²) in [4.78, 5) is 14.3. The van der Waals surface area contributed by atoms with Crippen LogP contribution in [0.15, 0.2) is 4.47 Å². The molecule has 1 aliphatic rings. The number of carbonyl (C=O) groups is 1. The topological polar surface area (TPSA) is 47.4 Å². The van der Waals surface area contributed by atoms with Crippen LogP contribution in [0.1, 0.15) is 30.0 Å². The quantitative estimate of drug-likeness (QED) is 0.793. The number of hydrogen-bond acceptors (Lipinski definition) is 3. The fourth-order valence-electron chi connectivity index (χ4n) is 2.21. The summed E-state index contributed by atoms with van der Waals surface area (Å²) in [6.07, 6.45) is 0.141. The molecule has 0 spiro atoms. The largest absolute Gasteiger partial charge is 0.372 e. The Hall–Kier alpha value is -0.880. The smallest absolute Gasteiger partial charge is 0.275 e. The zero-order valence-electron chi connectivity index (χ0n) is 11.1. The van der Waals surface area contributed by atoms with Crippen LogP contribution in [0.3, 0.4) is 0 Å². The second kappa shape index (κ2) is 5.01. The van der Waals surface area contributed by atoms with Gasteiger partial charge in [-0.05, 0) is 36.7 Å². The molecule has 0 N–H and O–H groups in total. The van der Waals surface area contributed by atoms with E-state index in [1.165, 1.54) is 0 Å². The number of nitrogens with zero attached hydrogens (tertiary/aromatic N) is 3. The summed E-state index contributed by atoms with van der Waals surface area (Å²) in [5, 5.41) is 4.27. The molecule has 1 aromatic rings. The van der Waals surface area contributed by atoms with E-state index in [0.717, 1.165) is 10.2 Å². The van der Waals surface area contributed by atoms with Crippen molar-refractivity contribution in [1.29, 1.82) is 0 Å². The average molecular weight is 316 g/mol. The van der Waals surface area contributed by atoms with Gasteiger partial charge in [-0.15, -0.1) is 0 Å². The number of rotatable bonds is 1. The predicted octanol–water partition coefficient (Wildman–Crippen LogP) is 1.74. The number of aromatic nitrogens is 2. The van der Waals surface area contributed by atoms with Gasteiger partial charge in [-0.3, -0.25) is 9.48 Å². The molecular weight excluding hydrogens is 298 g/mol. The number of carbonyl (C=O) groups excluding carboxylic acids is 1. The molecule has 1 saturated heterocycles. The van der Waals surface area contributed by atoms with Crippen molar-refractivity contribution < 1.29 is 9.53 Å². The Bertz CT molecular complexity index is 462. The summed E-state index contributed by atoms with van der Waals surface area (Å²) in [7, 11) is 1.83. The lowest BCUT2D eigenvalue weighted by Crippen LogP contribution is -2.48. The number of aryl methyl sites for hydroxylation is 1. The first kappa shape index (κ1) is 13.5. The zero-order chi connectivity index (χ0) is 13.4. The molecule has 0 radical (unpaired) electrons. The van der Waals surface area contributed by atoms with Gasteiger partial charge in [0.15, 0.2) is 5.69 Å². The molecule has 2 rings (SSSR count). The monoisotopic (exact) mass is 315 g/mol. The van der Waals surface area contributed by atoms with Crippen LogP contribution in [0.5, 0.6) is 0 Å². The summed E-state index contributed by atoms with van der Waals surface area (Å²) in [5.74, 6) is -0.0347. The van der Waals surface area contributed by atoms with E-state index in [0.29, 0.717) is 18.8 Å². The van der Waals surface area contributed by atoms with Gasteiger partial charge in [-0.2, -0.15) is 5.10 Å². The average Bonchev–Trinajstić information content (AvgIpc) is 2.55. The Morgan fingerprint density at radius 3 is 2.39 bits per heavy atom. The van der Waals surface area contributed by atoms with Crippen LogP contribution >= 0.6 is 15.9 Å². The second-order valence-corrected chi connectivity index (χ2v) is 5.63. The first-order valence-corrected chi connectivity index (χ1v) is 6.83. The van der Waals surface area contributed by atoms with Crippen LogP contribution in [-0.2, 0) is 11.8 Å². The molecule has 0 bridgehead atoms. The van der Waals surface area contributed by atoms with E-state index in [1.807, 2.05) is 32.7 Å². The van der Waals surface area contributed by atoms with E-state index in [9.17, 15) is 4.79 Å². The Balaban J connectivity index is 2.23. The number of halogens is 1. The Kier molecular flexibility index (Phi) is 3.77. The fraction of sp³-hybridized carbons (Fsp3) is 0.667. The van der Waals surface area contributed by atoms with Gasteiger partial charge in [0, 0.05) is 20.1 Å². The first-order chi connectivity index (χ1) is 8.40.